The van der Waals surface area contributed by atoms with Gasteiger partial charge < -0.3 is 19.4 Å². The van der Waals surface area contributed by atoms with Crippen molar-refractivity contribution in [2.24, 2.45) is 11.8 Å². The number of nitrogens with zero attached hydrogens (tertiary/aromatic N) is 2. The summed E-state index contributed by atoms with van der Waals surface area (Å²) in [6, 6.07) is 15.0. The maximum atomic E-state index is 14.2. The summed E-state index contributed by atoms with van der Waals surface area (Å²) in [6.07, 6.45) is 11.8. The second kappa shape index (κ2) is 12.9. The number of rotatable bonds is 9. The predicted octanol–water partition coefficient (Wildman–Crippen LogP) is 7.54. The number of nitrogens with one attached hydrogen (secondary N) is 1. The largest absolute Gasteiger partial charge is 0.496 e. The van der Waals surface area contributed by atoms with Gasteiger partial charge in [-0.2, -0.15) is 0 Å². The number of hydrogen-bond donors (Lipinski definition) is 1. The number of amides is 2. The summed E-state index contributed by atoms with van der Waals surface area (Å²) in [5.74, 6) is 3.41. The van der Waals surface area contributed by atoms with Crippen molar-refractivity contribution >= 4 is 17.5 Å². The van der Waals surface area contributed by atoms with Crippen molar-refractivity contribution in [1.29, 1.82) is 0 Å². The van der Waals surface area contributed by atoms with Crippen LogP contribution in [0.3, 0.4) is 0 Å². The van der Waals surface area contributed by atoms with Crippen molar-refractivity contribution in [3.8, 4) is 17.0 Å². The molecule has 0 aliphatic heterocycles. The fourth-order valence-corrected chi connectivity index (χ4v) is 7.18. The van der Waals surface area contributed by atoms with Gasteiger partial charge in [-0.1, -0.05) is 24.3 Å². The van der Waals surface area contributed by atoms with Crippen LogP contribution in [0.25, 0.3) is 11.3 Å². The molecule has 3 aromatic rings. The first-order valence-corrected chi connectivity index (χ1v) is 16.2. The number of ether oxygens (including phenoxy) is 1. The Bertz CT molecular complexity index is 1430. The van der Waals surface area contributed by atoms with Crippen LogP contribution in [0.15, 0.2) is 53.1 Å². The molecule has 2 amide bonds. The molecular weight excluding hydrogens is 538 g/mol. The highest BCUT2D eigenvalue weighted by Crippen LogP contribution is 2.41. The number of carbonyl (C=O) groups excluding carboxylic acids is 2. The fourth-order valence-electron chi connectivity index (χ4n) is 7.18. The molecule has 7 nitrogen and oxygen atoms in total. The van der Waals surface area contributed by atoms with Crippen molar-refractivity contribution in [3.05, 3.63) is 65.7 Å². The quantitative estimate of drug-likeness (QED) is 0.281. The van der Waals surface area contributed by atoms with Crippen LogP contribution in [0.5, 0.6) is 5.75 Å². The molecule has 228 valence electrons. The van der Waals surface area contributed by atoms with E-state index in [1.54, 1.807) is 20.3 Å². The lowest BCUT2D eigenvalue weighted by atomic mass is 9.78. The number of methoxy groups -OCH3 is 1. The van der Waals surface area contributed by atoms with Crippen LogP contribution in [0, 0.1) is 18.8 Å². The zero-order valence-corrected chi connectivity index (χ0v) is 25.8. The number of hydrogen-bond acceptors (Lipinski definition) is 5. The van der Waals surface area contributed by atoms with E-state index >= 15 is 0 Å². The van der Waals surface area contributed by atoms with E-state index in [1.807, 2.05) is 6.07 Å². The number of aryl methyl sites for hydroxylation is 1. The van der Waals surface area contributed by atoms with Crippen LogP contribution in [0.2, 0.25) is 0 Å². The molecule has 1 N–H and O–H groups in total. The van der Waals surface area contributed by atoms with Gasteiger partial charge in [0, 0.05) is 42.6 Å². The summed E-state index contributed by atoms with van der Waals surface area (Å²) in [7, 11) is 1.72. The molecule has 0 bridgehead atoms. The molecule has 0 radical (unpaired) electrons. The standard InChI is InChI=1S/C36H45N3O4/c1-23-19-29(15-18-34(23)42-3)26-9-7-25(8-10-26)21-39(36(41)28-13-16-31(17-14-28)37-24(2)40)32-6-4-5-30(20-32)33-22-43-35(38-33)27-11-12-27/h4-6,15,18-20,22,25-28,31H,7-14,16-17,21H2,1-3H3,(H,37,40). The predicted molar refractivity (Wildman–Crippen MR) is 168 cm³/mol. The summed E-state index contributed by atoms with van der Waals surface area (Å²) in [5.41, 5.74) is 5.34. The Morgan fingerprint density at radius 3 is 2.37 bits per heavy atom. The summed E-state index contributed by atoms with van der Waals surface area (Å²) in [5, 5.41) is 3.05. The Labute approximate surface area is 255 Å². The zero-order chi connectivity index (χ0) is 29.9. The van der Waals surface area contributed by atoms with E-state index in [4.69, 9.17) is 14.1 Å². The van der Waals surface area contributed by atoms with Crippen LogP contribution >= 0.6 is 0 Å². The Morgan fingerprint density at radius 2 is 1.70 bits per heavy atom. The summed E-state index contributed by atoms with van der Waals surface area (Å²) in [6.45, 7) is 4.41. The van der Waals surface area contributed by atoms with Crippen LogP contribution in [-0.2, 0) is 9.59 Å². The molecule has 43 heavy (non-hydrogen) atoms. The molecular formula is C36H45N3O4. The minimum Gasteiger partial charge on any atom is -0.496 e. The summed E-state index contributed by atoms with van der Waals surface area (Å²) < 4.78 is 11.3. The zero-order valence-electron chi connectivity index (χ0n) is 25.8. The average Bonchev–Trinajstić information content (AvgIpc) is 3.76. The van der Waals surface area contributed by atoms with Gasteiger partial charge in [-0.15, -0.1) is 0 Å². The molecule has 6 rings (SSSR count). The van der Waals surface area contributed by atoms with Gasteiger partial charge in [0.15, 0.2) is 5.89 Å². The molecule has 3 fully saturated rings. The highest BCUT2D eigenvalue weighted by Gasteiger charge is 2.33. The molecule has 3 saturated carbocycles. The molecule has 3 aliphatic carbocycles. The van der Waals surface area contributed by atoms with E-state index in [0.717, 1.165) is 99.3 Å². The van der Waals surface area contributed by atoms with Crippen molar-refractivity contribution in [2.75, 3.05) is 18.6 Å². The van der Waals surface area contributed by atoms with Gasteiger partial charge in [0.05, 0.1) is 7.11 Å². The Balaban J connectivity index is 1.18. The number of benzene rings is 2. The molecule has 0 spiro atoms. The van der Waals surface area contributed by atoms with Crippen LogP contribution in [0.4, 0.5) is 5.69 Å². The molecule has 0 saturated heterocycles. The number of anilines is 1. The van der Waals surface area contributed by atoms with Crippen molar-refractivity contribution < 1.29 is 18.7 Å². The molecule has 1 heterocycles. The van der Waals surface area contributed by atoms with Crippen molar-refractivity contribution in [1.82, 2.24) is 10.3 Å². The third kappa shape index (κ3) is 6.97. The third-order valence-electron chi connectivity index (χ3n) is 9.83. The van der Waals surface area contributed by atoms with Crippen LogP contribution in [-0.4, -0.2) is 36.5 Å². The first-order valence-electron chi connectivity index (χ1n) is 16.2. The minimum absolute atomic E-state index is 0.00585. The van der Waals surface area contributed by atoms with E-state index in [0.29, 0.717) is 17.8 Å². The van der Waals surface area contributed by atoms with E-state index in [9.17, 15) is 9.59 Å². The highest BCUT2D eigenvalue weighted by molar-refractivity contribution is 5.95. The summed E-state index contributed by atoms with van der Waals surface area (Å²) >= 11 is 0. The fraction of sp³-hybridized carbons (Fsp3) is 0.528. The number of oxazole rings is 1. The van der Waals surface area contributed by atoms with Gasteiger partial charge in [-0.3, -0.25) is 9.59 Å². The summed E-state index contributed by atoms with van der Waals surface area (Å²) in [4.78, 5) is 32.6. The van der Waals surface area contributed by atoms with Gasteiger partial charge in [-0.05, 0) is 112 Å². The molecule has 3 aliphatic rings. The molecule has 0 unspecified atom stereocenters. The third-order valence-corrected chi connectivity index (χ3v) is 9.83. The number of aromatic nitrogens is 1. The van der Waals surface area contributed by atoms with E-state index in [-0.39, 0.29) is 23.8 Å². The van der Waals surface area contributed by atoms with E-state index in [2.05, 4.69) is 53.5 Å². The van der Waals surface area contributed by atoms with Gasteiger partial charge >= 0.3 is 0 Å². The monoisotopic (exact) mass is 583 g/mol. The van der Waals surface area contributed by atoms with Crippen molar-refractivity contribution in [2.45, 2.75) is 95.9 Å². The van der Waals surface area contributed by atoms with Gasteiger partial charge in [0.1, 0.15) is 17.7 Å². The second-order valence-corrected chi connectivity index (χ2v) is 13.0. The van der Waals surface area contributed by atoms with Gasteiger partial charge in [-0.25, -0.2) is 4.98 Å². The van der Waals surface area contributed by atoms with Gasteiger partial charge in [0.25, 0.3) is 0 Å². The molecule has 2 aromatic carbocycles. The Morgan fingerprint density at radius 1 is 0.953 bits per heavy atom. The lowest BCUT2D eigenvalue weighted by Crippen LogP contribution is -2.43. The van der Waals surface area contributed by atoms with E-state index in [1.165, 1.54) is 11.1 Å². The second-order valence-electron chi connectivity index (χ2n) is 13.0. The first-order chi connectivity index (χ1) is 20.9. The molecule has 1 aromatic heterocycles. The number of carbonyl (C=O) groups is 2. The van der Waals surface area contributed by atoms with Gasteiger partial charge in [0.2, 0.25) is 11.8 Å². The molecule has 0 atom stereocenters. The maximum absolute atomic E-state index is 14.2. The smallest absolute Gasteiger partial charge is 0.230 e. The van der Waals surface area contributed by atoms with E-state index < -0.39 is 0 Å². The lowest BCUT2D eigenvalue weighted by molar-refractivity contribution is -0.123. The van der Waals surface area contributed by atoms with Crippen molar-refractivity contribution in [3.63, 3.8) is 0 Å². The lowest BCUT2D eigenvalue weighted by Gasteiger charge is -2.36. The maximum Gasteiger partial charge on any atom is 0.230 e. The minimum atomic E-state index is -0.0270. The first kappa shape index (κ1) is 29.5. The highest BCUT2D eigenvalue weighted by atomic mass is 16.5. The average molecular weight is 584 g/mol. The van der Waals surface area contributed by atoms with Crippen LogP contribution < -0.4 is 15.0 Å². The molecule has 7 heteroatoms. The Kier molecular flexibility index (Phi) is 8.87. The SMILES string of the molecule is COc1ccc(C2CCC(CN(C(=O)C3CCC(NC(C)=O)CC3)c3cccc(-c4coc(C5CC5)n4)c3)CC2)cc1C. The topological polar surface area (TPSA) is 84.7 Å². The normalized spacial score (nSPS) is 23.9. The van der Waals surface area contributed by atoms with Crippen LogP contribution in [0.1, 0.15) is 100.0 Å². The Hall–Kier alpha value is -3.61.